The van der Waals surface area contributed by atoms with Gasteiger partial charge in [0.15, 0.2) is 0 Å². The smallest absolute Gasteiger partial charge is 0.247 e. The van der Waals surface area contributed by atoms with E-state index in [-0.39, 0.29) is 47.5 Å². The van der Waals surface area contributed by atoms with E-state index in [1.807, 2.05) is 9.80 Å². The molecule has 4 aliphatic rings. The first-order valence-corrected chi connectivity index (χ1v) is 16.5. The monoisotopic (exact) mass is 573 g/mol. The van der Waals surface area contributed by atoms with Crippen LogP contribution in [0.5, 0.6) is 0 Å². The summed E-state index contributed by atoms with van der Waals surface area (Å²) in [6.45, 7) is 17.5. The van der Waals surface area contributed by atoms with E-state index in [0.717, 1.165) is 38.5 Å². The molecular weight excluding hydrogens is 522 g/mol. The first-order valence-electron chi connectivity index (χ1n) is 15.6. The maximum atomic E-state index is 14.9. The van der Waals surface area contributed by atoms with Crippen molar-refractivity contribution < 1.29 is 19.5 Å². The third-order valence-electron chi connectivity index (χ3n) is 9.83. The van der Waals surface area contributed by atoms with Gasteiger partial charge in [0, 0.05) is 30.9 Å². The zero-order valence-corrected chi connectivity index (χ0v) is 25.9. The van der Waals surface area contributed by atoms with Crippen LogP contribution in [0.25, 0.3) is 0 Å². The van der Waals surface area contributed by atoms with Gasteiger partial charge in [-0.15, -0.1) is 24.9 Å². The number of carbonyl (C=O) groups is 3. The number of thioether (sulfide) groups is 1. The Labute approximate surface area is 245 Å². The average molecular weight is 574 g/mol. The quantitative estimate of drug-likeness (QED) is 0.328. The Kier molecular flexibility index (Phi) is 10.1. The number of aliphatic hydroxyl groups is 1. The van der Waals surface area contributed by atoms with E-state index in [1.54, 1.807) is 28.8 Å². The molecule has 3 aliphatic heterocycles. The molecule has 7 nitrogen and oxygen atoms in total. The van der Waals surface area contributed by atoms with Crippen LogP contribution < -0.4 is 0 Å². The minimum atomic E-state index is -0.690. The largest absolute Gasteiger partial charge is 0.394 e. The second kappa shape index (κ2) is 13.0. The van der Waals surface area contributed by atoms with Crippen LogP contribution in [0.3, 0.4) is 0 Å². The van der Waals surface area contributed by atoms with Gasteiger partial charge < -0.3 is 19.8 Å². The van der Waals surface area contributed by atoms with Gasteiger partial charge in [0.2, 0.25) is 17.7 Å². The number of likely N-dealkylation sites (tertiary alicyclic amines) is 1. The predicted octanol–water partition coefficient (Wildman–Crippen LogP) is 4.50. The zero-order valence-electron chi connectivity index (χ0n) is 25.1. The molecule has 7 atom stereocenters. The third kappa shape index (κ3) is 5.28. The number of carbonyl (C=O) groups excluding carboxylic acids is 3. The summed E-state index contributed by atoms with van der Waals surface area (Å²) in [5.41, 5.74) is 0. The summed E-state index contributed by atoms with van der Waals surface area (Å²) in [5, 5.41) is 10.6. The second-order valence-electron chi connectivity index (χ2n) is 12.9. The lowest BCUT2D eigenvalue weighted by Gasteiger charge is -2.44. The molecule has 2 bridgehead atoms. The van der Waals surface area contributed by atoms with Crippen LogP contribution in [0.4, 0.5) is 0 Å². The minimum Gasteiger partial charge on any atom is -0.394 e. The molecule has 3 saturated heterocycles. The van der Waals surface area contributed by atoms with Crippen molar-refractivity contribution in [3.63, 3.8) is 0 Å². The number of nitrogens with zero attached hydrogens (tertiary/aromatic N) is 3. The molecule has 8 heteroatoms. The highest BCUT2D eigenvalue weighted by Crippen LogP contribution is 2.69. The summed E-state index contributed by atoms with van der Waals surface area (Å²) in [6, 6.07) is -1.02. The van der Waals surface area contributed by atoms with Crippen LogP contribution in [-0.4, -0.2) is 91.9 Å². The zero-order chi connectivity index (χ0) is 29.2. The Bertz CT molecular complexity index is 966. The number of aliphatic hydroxyl groups excluding tert-OH is 1. The Morgan fingerprint density at radius 1 is 1.15 bits per heavy atom. The molecule has 0 aromatic rings. The topological polar surface area (TPSA) is 81.2 Å². The molecule has 1 spiro atoms. The highest BCUT2D eigenvalue weighted by atomic mass is 32.2. The normalized spacial score (nSPS) is 32.3. The fourth-order valence-corrected chi connectivity index (χ4v) is 10.7. The van der Waals surface area contributed by atoms with Crippen LogP contribution >= 0.6 is 11.8 Å². The van der Waals surface area contributed by atoms with Gasteiger partial charge >= 0.3 is 0 Å². The maximum absolute atomic E-state index is 14.9. The average Bonchev–Trinajstić information content (AvgIpc) is 3.53. The Morgan fingerprint density at radius 2 is 1.82 bits per heavy atom. The van der Waals surface area contributed by atoms with Gasteiger partial charge in [0.25, 0.3) is 0 Å². The number of amides is 3. The predicted molar refractivity (Wildman–Crippen MR) is 162 cm³/mol. The van der Waals surface area contributed by atoms with E-state index in [9.17, 15) is 19.5 Å². The number of hydrogen-bond donors (Lipinski definition) is 1. The van der Waals surface area contributed by atoms with E-state index in [0.29, 0.717) is 26.1 Å². The van der Waals surface area contributed by atoms with Gasteiger partial charge in [-0.2, -0.15) is 0 Å². The van der Waals surface area contributed by atoms with Crippen LogP contribution in [-0.2, 0) is 14.4 Å². The van der Waals surface area contributed by atoms with E-state index in [1.165, 1.54) is 6.42 Å². The van der Waals surface area contributed by atoms with Crippen molar-refractivity contribution in [1.29, 1.82) is 0 Å². The van der Waals surface area contributed by atoms with Crippen LogP contribution in [0.1, 0.15) is 79.1 Å². The van der Waals surface area contributed by atoms with E-state index >= 15 is 0 Å². The molecule has 4 rings (SSSR count). The van der Waals surface area contributed by atoms with Crippen molar-refractivity contribution >= 4 is 29.5 Å². The first kappa shape index (κ1) is 31.1. The Hall–Kier alpha value is -1.80. The maximum Gasteiger partial charge on any atom is 0.247 e. The van der Waals surface area contributed by atoms with E-state index in [4.69, 9.17) is 0 Å². The van der Waals surface area contributed by atoms with Crippen LogP contribution in [0.2, 0.25) is 0 Å². The molecule has 3 heterocycles. The molecule has 3 amide bonds. The van der Waals surface area contributed by atoms with Crippen molar-refractivity contribution in [3.05, 3.63) is 25.3 Å². The first-order chi connectivity index (χ1) is 19.2. The molecule has 1 N–H and O–H groups in total. The molecule has 224 valence electrons. The summed E-state index contributed by atoms with van der Waals surface area (Å²) in [4.78, 5) is 49.2. The number of fused-ring (bicyclic) bond motifs is 1. The second-order valence-corrected chi connectivity index (χ2v) is 14.5. The highest BCUT2D eigenvalue weighted by molar-refractivity contribution is 8.02. The fourth-order valence-electron chi connectivity index (χ4n) is 8.27. The van der Waals surface area contributed by atoms with Crippen molar-refractivity contribution in [2.75, 3.05) is 26.2 Å². The molecule has 0 aromatic carbocycles. The summed E-state index contributed by atoms with van der Waals surface area (Å²) >= 11 is 1.73. The molecule has 1 saturated carbocycles. The van der Waals surface area contributed by atoms with Gasteiger partial charge in [-0.3, -0.25) is 14.4 Å². The molecule has 40 heavy (non-hydrogen) atoms. The van der Waals surface area contributed by atoms with Gasteiger partial charge in [0.1, 0.15) is 6.04 Å². The van der Waals surface area contributed by atoms with E-state index in [2.05, 4.69) is 40.9 Å². The summed E-state index contributed by atoms with van der Waals surface area (Å²) in [5.74, 6) is -0.790. The summed E-state index contributed by atoms with van der Waals surface area (Å²) in [7, 11) is 0. The fraction of sp³-hybridized carbons (Fsp3) is 0.781. The van der Waals surface area contributed by atoms with Crippen LogP contribution in [0, 0.1) is 23.7 Å². The van der Waals surface area contributed by atoms with Crippen molar-refractivity contribution in [3.8, 4) is 0 Å². The SMILES string of the molecule is C=CCN(CCC)C(=O)[C@@H]1[C@H]2C(=O)N([C@@H](CO)CC(C)C)C(C(=O)N(CC=C)C3CCCCC3)C23S[C@@H]1CC3C. The summed E-state index contributed by atoms with van der Waals surface area (Å²) < 4.78 is -0.677. The Balaban J connectivity index is 1.81. The van der Waals surface area contributed by atoms with E-state index < -0.39 is 28.7 Å². The lowest BCUT2D eigenvalue weighted by molar-refractivity contribution is -0.148. The minimum absolute atomic E-state index is 0.0123. The molecule has 0 aromatic heterocycles. The van der Waals surface area contributed by atoms with Gasteiger partial charge in [-0.1, -0.05) is 59.1 Å². The molecule has 3 unspecified atom stereocenters. The standard InChI is InChI=1S/C32H51N3O4S/c1-7-15-33(16-8-2)29(37)26-25-19-22(6)32(40-25)27(26)30(38)35(24(20-36)18-21(4)5)28(32)31(39)34(17-9-3)23-13-11-10-12-14-23/h7,9,21-28,36H,1,3,8,10-20H2,2,4-6H3/t22?,24-,25-,26+,27+,28?,32?/m1/s1. The van der Waals surface area contributed by atoms with Crippen molar-refractivity contribution in [2.24, 2.45) is 23.7 Å². The number of hydrogen-bond acceptors (Lipinski definition) is 5. The third-order valence-corrected chi connectivity index (χ3v) is 11.9. The molecule has 0 radical (unpaired) electrons. The lowest BCUT2D eigenvalue weighted by atomic mass is 9.65. The van der Waals surface area contributed by atoms with Gasteiger partial charge in [0.05, 0.1) is 29.2 Å². The summed E-state index contributed by atoms with van der Waals surface area (Å²) in [6.07, 6.45) is 11.1. The van der Waals surface area contributed by atoms with Gasteiger partial charge in [-0.05, 0) is 43.9 Å². The van der Waals surface area contributed by atoms with Crippen molar-refractivity contribution in [1.82, 2.24) is 14.7 Å². The molecular formula is C32H51N3O4S. The lowest BCUT2D eigenvalue weighted by Crippen LogP contribution is -2.61. The molecule has 1 aliphatic carbocycles. The van der Waals surface area contributed by atoms with Gasteiger partial charge in [-0.25, -0.2) is 0 Å². The van der Waals surface area contributed by atoms with Crippen molar-refractivity contribution in [2.45, 2.75) is 107 Å². The Morgan fingerprint density at radius 3 is 2.40 bits per heavy atom. The van der Waals surface area contributed by atoms with Crippen LogP contribution in [0.15, 0.2) is 25.3 Å². The number of rotatable bonds is 13. The molecule has 4 fully saturated rings. The highest BCUT2D eigenvalue weighted by Gasteiger charge is 2.77.